The number of rotatable bonds is 4. The van der Waals surface area contributed by atoms with Gasteiger partial charge in [0.1, 0.15) is 0 Å². The summed E-state index contributed by atoms with van der Waals surface area (Å²) in [5.74, 6) is 0.760. The second-order valence-electron chi connectivity index (χ2n) is 6.65. The molecule has 1 aliphatic carbocycles. The van der Waals surface area contributed by atoms with Crippen LogP contribution in [-0.4, -0.2) is 26.6 Å². The van der Waals surface area contributed by atoms with Crippen LogP contribution in [0.25, 0.3) is 4.96 Å². The lowest BCUT2D eigenvalue weighted by Crippen LogP contribution is -2.43. The third-order valence-electron chi connectivity index (χ3n) is 4.69. The molecule has 0 unspecified atom stereocenters. The van der Waals surface area contributed by atoms with Gasteiger partial charge in [-0.3, -0.25) is 4.40 Å². The van der Waals surface area contributed by atoms with Crippen LogP contribution in [0.15, 0.2) is 6.20 Å². The average molecular weight is 307 g/mol. The predicted octanol–water partition coefficient (Wildman–Crippen LogP) is 3.04. The van der Waals surface area contributed by atoms with Crippen molar-refractivity contribution in [2.45, 2.75) is 58.6 Å². The minimum Gasteiger partial charge on any atom is -0.389 e. The zero-order valence-corrected chi connectivity index (χ0v) is 14.0. The number of nitrogens with one attached hydrogen (secondary N) is 1. The Morgan fingerprint density at radius 3 is 2.86 bits per heavy atom. The van der Waals surface area contributed by atoms with Crippen LogP contribution in [0, 0.1) is 19.8 Å². The van der Waals surface area contributed by atoms with Crippen molar-refractivity contribution in [2.75, 3.05) is 6.54 Å². The van der Waals surface area contributed by atoms with Gasteiger partial charge in [0.05, 0.1) is 17.0 Å². The monoisotopic (exact) mass is 307 g/mol. The van der Waals surface area contributed by atoms with Crippen LogP contribution >= 0.6 is 11.3 Å². The Hall–Kier alpha value is -0.910. The quantitative estimate of drug-likeness (QED) is 0.913. The molecule has 2 aromatic heterocycles. The van der Waals surface area contributed by atoms with Crippen LogP contribution in [-0.2, 0) is 6.54 Å². The lowest BCUT2D eigenvalue weighted by Gasteiger charge is -2.35. The first-order chi connectivity index (χ1) is 9.97. The molecule has 0 aliphatic heterocycles. The van der Waals surface area contributed by atoms with Crippen molar-refractivity contribution in [2.24, 2.45) is 5.92 Å². The molecule has 2 heterocycles. The maximum Gasteiger partial charge on any atom is 0.194 e. The molecule has 1 saturated carbocycles. The van der Waals surface area contributed by atoms with E-state index in [-0.39, 0.29) is 0 Å². The third-order valence-corrected chi connectivity index (χ3v) is 5.59. The summed E-state index contributed by atoms with van der Waals surface area (Å²) in [5.41, 5.74) is 1.77. The number of aryl methyl sites for hydroxylation is 2. The standard InChI is InChI=1S/C16H25N3OS/c1-11-4-6-16(20,7-5-11)10-17-8-14-13(3)18-15-19(14)9-12(2)21-15/h9,11,17,20H,4-8,10H2,1-3H3. The van der Waals surface area contributed by atoms with Crippen LogP contribution in [0.1, 0.15) is 48.9 Å². The minimum absolute atomic E-state index is 0.519. The summed E-state index contributed by atoms with van der Waals surface area (Å²) < 4.78 is 2.18. The normalized spacial score (nSPS) is 26.6. The van der Waals surface area contributed by atoms with E-state index >= 15 is 0 Å². The first-order valence-electron chi connectivity index (χ1n) is 7.84. The number of imidazole rings is 1. The van der Waals surface area contributed by atoms with Crippen molar-refractivity contribution < 1.29 is 5.11 Å². The highest BCUT2D eigenvalue weighted by Gasteiger charge is 2.31. The largest absolute Gasteiger partial charge is 0.389 e. The fourth-order valence-electron chi connectivity index (χ4n) is 3.21. The van der Waals surface area contributed by atoms with E-state index < -0.39 is 5.60 Å². The number of fused-ring (bicyclic) bond motifs is 1. The molecule has 0 radical (unpaired) electrons. The fraction of sp³-hybridized carbons (Fsp3) is 0.688. The summed E-state index contributed by atoms with van der Waals surface area (Å²) in [4.78, 5) is 6.94. The van der Waals surface area contributed by atoms with E-state index in [0.29, 0.717) is 6.54 Å². The van der Waals surface area contributed by atoms with Gasteiger partial charge in [-0.1, -0.05) is 6.92 Å². The summed E-state index contributed by atoms with van der Waals surface area (Å²) in [7, 11) is 0. The van der Waals surface area contributed by atoms with Gasteiger partial charge in [-0.2, -0.15) is 0 Å². The summed E-state index contributed by atoms with van der Waals surface area (Å²) in [6, 6.07) is 0. The molecule has 4 nitrogen and oxygen atoms in total. The SMILES string of the molecule is Cc1cn2c(CNCC3(O)CCC(C)CC3)c(C)nc2s1. The van der Waals surface area contributed by atoms with Crippen molar-refractivity contribution in [3.63, 3.8) is 0 Å². The zero-order valence-electron chi connectivity index (χ0n) is 13.1. The van der Waals surface area contributed by atoms with Crippen molar-refractivity contribution in [3.8, 4) is 0 Å². The van der Waals surface area contributed by atoms with Gasteiger partial charge in [-0.25, -0.2) is 4.98 Å². The third kappa shape index (κ3) is 3.15. The molecule has 1 aliphatic rings. The van der Waals surface area contributed by atoms with Gasteiger partial charge in [-0.05, 0) is 45.4 Å². The number of nitrogens with zero attached hydrogens (tertiary/aromatic N) is 2. The molecule has 2 N–H and O–H groups in total. The van der Waals surface area contributed by atoms with E-state index in [1.54, 1.807) is 11.3 Å². The van der Waals surface area contributed by atoms with Crippen LogP contribution < -0.4 is 5.32 Å². The molecule has 0 spiro atoms. The van der Waals surface area contributed by atoms with Gasteiger partial charge in [0.15, 0.2) is 4.96 Å². The van der Waals surface area contributed by atoms with Crippen molar-refractivity contribution in [1.29, 1.82) is 0 Å². The van der Waals surface area contributed by atoms with Gasteiger partial charge < -0.3 is 10.4 Å². The topological polar surface area (TPSA) is 49.6 Å². The molecule has 0 atom stereocenters. The Balaban J connectivity index is 1.63. The molecule has 0 amide bonds. The molecule has 2 aromatic rings. The maximum atomic E-state index is 10.6. The lowest BCUT2D eigenvalue weighted by atomic mass is 9.79. The van der Waals surface area contributed by atoms with Crippen molar-refractivity contribution >= 4 is 16.3 Å². The van der Waals surface area contributed by atoms with E-state index in [4.69, 9.17) is 0 Å². The van der Waals surface area contributed by atoms with Crippen LogP contribution in [0.2, 0.25) is 0 Å². The molecule has 0 saturated heterocycles. The number of hydrogen-bond acceptors (Lipinski definition) is 4. The zero-order chi connectivity index (χ0) is 15.0. The summed E-state index contributed by atoms with van der Waals surface area (Å²) in [6.45, 7) is 7.88. The van der Waals surface area contributed by atoms with Crippen LogP contribution in [0.4, 0.5) is 0 Å². The van der Waals surface area contributed by atoms with Crippen molar-refractivity contribution in [3.05, 3.63) is 22.5 Å². The maximum absolute atomic E-state index is 10.6. The second kappa shape index (κ2) is 5.71. The number of hydrogen-bond donors (Lipinski definition) is 2. The first kappa shape index (κ1) is 15.0. The highest BCUT2D eigenvalue weighted by molar-refractivity contribution is 7.17. The second-order valence-corrected chi connectivity index (χ2v) is 7.86. The lowest BCUT2D eigenvalue weighted by molar-refractivity contribution is -0.00637. The summed E-state index contributed by atoms with van der Waals surface area (Å²) >= 11 is 1.72. The summed E-state index contributed by atoms with van der Waals surface area (Å²) in [6.07, 6.45) is 6.25. The van der Waals surface area contributed by atoms with Gasteiger partial charge in [0, 0.05) is 24.2 Å². The number of aromatic nitrogens is 2. The summed E-state index contributed by atoms with van der Waals surface area (Å²) in [5, 5.41) is 14.1. The Labute approximate surface area is 130 Å². The highest BCUT2D eigenvalue weighted by atomic mass is 32.1. The smallest absolute Gasteiger partial charge is 0.194 e. The average Bonchev–Trinajstić information content (AvgIpc) is 2.91. The van der Waals surface area contributed by atoms with E-state index in [9.17, 15) is 5.11 Å². The van der Waals surface area contributed by atoms with Crippen LogP contribution in [0.5, 0.6) is 0 Å². The fourth-order valence-corrected chi connectivity index (χ4v) is 4.10. The molecule has 0 bridgehead atoms. The predicted molar refractivity (Wildman–Crippen MR) is 86.8 cm³/mol. The Morgan fingerprint density at radius 2 is 2.14 bits per heavy atom. The van der Waals surface area contributed by atoms with E-state index in [0.717, 1.165) is 48.8 Å². The highest BCUT2D eigenvalue weighted by Crippen LogP contribution is 2.31. The molecule has 3 rings (SSSR count). The Kier molecular flexibility index (Phi) is 4.08. The van der Waals surface area contributed by atoms with E-state index in [2.05, 4.69) is 41.7 Å². The van der Waals surface area contributed by atoms with Crippen molar-refractivity contribution in [1.82, 2.24) is 14.7 Å². The van der Waals surface area contributed by atoms with Crippen LogP contribution in [0.3, 0.4) is 0 Å². The number of thiazole rings is 1. The molecule has 5 heteroatoms. The first-order valence-corrected chi connectivity index (χ1v) is 8.65. The molecule has 116 valence electrons. The number of aliphatic hydroxyl groups is 1. The molecular weight excluding hydrogens is 282 g/mol. The van der Waals surface area contributed by atoms with E-state index in [1.165, 1.54) is 10.6 Å². The molecular formula is C16H25N3OS. The van der Waals surface area contributed by atoms with E-state index in [1.807, 2.05) is 0 Å². The van der Waals surface area contributed by atoms with Gasteiger partial charge in [0.25, 0.3) is 0 Å². The molecule has 21 heavy (non-hydrogen) atoms. The molecule has 0 aromatic carbocycles. The van der Waals surface area contributed by atoms with Gasteiger partial charge >= 0.3 is 0 Å². The Bertz CT molecular complexity index is 623. The minimum atomic E-state index is -0.519. The Morgan fingerprint density at radius 1 is 1.43 bits per heavy atom. The van der Waals surface area contributed by atoms with Gasteiger partial charge in [-0.15, -0.1) is 11.3 Å². The molecule has 1 fully saturated rings. The van der Waals surface area contributed by atoms with Gasteiger partial charge in [0.2, 0.25) is 0 Å².